The maximum atomic E-state index is 12.2. The average molecular weight is 342 g/mol. The highest BCUT2D eigenvalue weighted by Crippen LogP contribution is 2.32. The summed E-state index contributed by atoms with van der Waals surface area (Å²) in [6, 6.07) is 12.5. The van der Waals surface area contributed by atoms with Crippen LogP contribution in [0.15, 0.2) is 64.8 Å². The summed E-state index contributed by atoms with van der Waals surface area (Å²) in [4.78, 5) is 12.9. The molecule has 3 N–H and O–H groups in total. The van der Waals surface area contributed by atoms with Gasteiger partial charge in [0.1, 0.15) is 5.60 Å². The number of thiophene rings is 1. The zero-order valence-corrected chi connectivity index (χ0v) is 14.0. The van der Waals surface area contributed by atoms with Crippen LogP contribution in [0.1, 0.15) is 16.0 Å². The van der Waals surface area contributed by atoms with E-state index in [1.54, 1.807) is 6.07 Å². The summed E-state index contributed by atoms with van der Waals surface area (Å²) in [6.07, 6.45) is 2.99. The molecule has 2 heterocycles. The number of para-hydroxylation sites is 1. The number of aliphatic hydroxyl groups is 1. The van der Waals surface area contributed by atoms with E-state index in [0.717, 1.165) is 16.1 Å². The highest BCUT2D eigenvalue weighted by Gasteiger charge is 2.34. The second-order valence-electron chi connectivity index (χ2n) is 5.47. The van der Waals surface area contributed by atoms with Crippen molar-refractivity contribution in [1.29, 1.82) is 0 Å². The van der Waals surface area contributed by atoms with E-state index in [2.05, 4.69) is 10.6 Å². The third-order valence-corrected chi connectivity index (χ3v) is 4.85. The number of anilines is 1. The highest BCUT2D eigenvalue weighted by molar-refractivity contribution is 7.10. The molecule has 0 aliphatic carbocycles. The number of hydrogen-bond donors (Lipinski definition) is 3. The second-order valence-corrected chi connectivity index (χ2v) is 6.42. The zero-order chi connectivity index (χ0) is 17.0. The van der Waals surface area contributed by atoms with Gasteiger partial charge in [0.15, 0.2) is 0 Å². The Labute approximate surface area is 143 Å². The lowest BCUT2D eigenvalue weighted by Crippen LogP contribution is -2.42. The van der Waals surface area contributed by atoms with Crippen molar-refractivity contribution in [3.63, 3.8) is 0 Å². The van der Waals surface area contributed by atoms with Crippen molar-refractivity contribution in [2.24, 2.45) is 0 Å². The Bertz CT molecular complexity index is 763. The summed E-state index contributed by atoms with van der Waals surface area (Å²) in [5.41, 5.74) is 0.972. The molecule has 24 heavy (non-hydrogen) atoms. The summed E-state index contributed by atoms with van der Waals surface area (Å²) in [6.45, 7) is 1.95. The lowest BCUT2D eigenvalue weighted by atomic mass is 9.94. The molecule has 0 bridgehead atoms. The number of rotatable bonds is 5. The van der Waals surface area contributed by atoms with Gasteiger partial charge >= 0.3 is 6.03 Å². The van der Waals surface area contributed by atoms with Crippen LogP contribution in [0.2, 0.25) is 0 Å². The maximum absolute atomic E-state index is 12.2. The van der Waals surface area contributed by atoms with Gasteiger partial charge in [-0.1, -0.05) is 24.3 Å². The minimum Gasteiger partial charge on any atom is -0.472 e. The Morgan fingerprint density at radius 1 is 1.25 bits per heavy atom. The van der Waals surface area contributed by atoms with Gasteiger partial charge in [-0.2, -0.15) is 0 Å². The zero-order valence-electron chi connectivity index (χ0n) is 13.2. The topological polar surface area (TPSA) is 74.5 Å². The molecule has 1 atom stereocenters. The first-order valence-corrected chi connectivity index (χ1v) is 8.37. The normalized spacial score (nSPS) is 13.2. The summed E-state index contributed by atoms with van der Waals surface area (Å²) < 4.78 is 5.09. The average Bonchev–Trinajstić information content (AvgIpc) is 3.28. The minimum absolute atomic E-state index is 0.0325. The number of nitrogens with one attached hydrogen (secondary N) is 2. The number of hydrogen-bond acceptors (Lipinski definition) is 4. The number of carbonyl (C=O) groups is 1. The van der Waals surface area contributed by atoms with Gasteiger partial charge in [0.25, 0.3) is 0 Å². The SMILES string of the molecule is Cc1ccccc1NC(=O)NCC(O)(c1ccoc1)c1cccs1. The van der Waals surface area contributed by atoms with Crippen molar-refractivity contribution < 1.29 is 14.3 Å². The largest absolute Gasteiger partial charge is 0.472 e. The third kappa shape index (κ3) is 3.34. The van der Waals surface area contributed by atoms with Crippen molar-refractivity contribution in [2.45, 2.75) is 12.5 Å². The molecule has 1 unspecified atom stereocenters. The summed E-state index contributed by atoms with van der Waals surface area (Å²) >= 11 is 1.42. The molecule has 0 aliphatic heterocycles. The van der Waals surface area contributed by atoms with Gasteiger partial charge in [0, 0.05) is 16.1 Å². The first-order valence-electron chi connectivity index (χ1n) is 7.49. The molecule has 3 aromatic rings. The van der Waals surface area contributed by atoms with Gasteiger partial charge < -0.3 is 20.2 Å². The molecule has 0 fully saturated rings. The van der Waals surface area contributed by atoms with Gasteiger partial charge in [-0.15, -0.1) is 11.3 Å². The number of aryl methyl sites for hydroxylation is 1. The predicted octanol–water partition coefficient (Wildman–Crippen LogP) is 3.71. The van der Waals surface area contributed by atoms with Gasteiger partial charge in [0.2, 0.25) is 0 Å². The Balaban J connectivity index is 1.73. The smallest absolute Gasteiger partial charge is 0.319 e. The third-order valence-electron chi connectivity index (χ3n) is 3.83. The van der Waals surface area contributed by atoms with E-state index < -0.39 is 5.60 Å². The fraction of sp³-hybridized carbons (Fsp3) is 0.167. The van der Waals surface area contributed by atoms with Crippen molar-refractivity contribution in [2.75, 3.05) is 11.9 Å². The van der Waals surface area contributed by atoms with Gasteiger partial charge in [-0.3, -0.25) is 0 Å². The molecule has 0 saturated carbocycles. The number of urea groups is 1. The lowest BCUT2D eigenvalue weighted by Gasteiger charge is -2.26. The molecule has 0 radical (unpaired) electrons. The van der Waals surface area contributed by atoms with Crippen LogP contribution in [0.5, 0.6) is 0 Å². The fourth-order valence-corrected chi connectivity index (χ4v) is 3.28. The molecule has 0 saturated heterocycles. The number of carbonyl (C=O) groups excluding carboxylic acids is 1. The molecule has 0 spiro atoms. The highest BCUT2D eigenvalue weighted by atomic mass is 32.1. The van der Waals surface area contributed by atoms with Crippen LogP contribution in [0.25, 0.3) is 0 Å². The Morgan fingerprint density at radius 3 is 2.75 bits per heavy atom. The van der Waals surface area contributed by atoms with Crippen LogP contribution in [0.3, 0.4) is 0 Å². The van der Waals surface area contributed by atoms with E-state index in [0.29, 0.717) is 5.56 Å². The van der Waals surface area contributed by atoms with E-state index in [4.69, 9.17) is 4.42 Å². The molecule has 1 aromatic carbocycles. The predicted molar refractivity (Wildman–Crippen MR) is 94.2 cm³/mol. The molecule has 6 heteroatoms. The number of amides is 2. The van der Waals surface area contributed by atoms with Gasteiger partial charge in [0.05, 0.1) is 19.1 Å². The molecule has 0 aliphatic rings. The number of benzene rings is 1. The molecule has 2 amide bonds. The van der Waals surface area contributed by atoms with Crippen LogP contribution in [0, 0.1) is 6.92 Å². The van der Waals surface area contributed by atoms with Crippen molar-refractivity contribution in [3.05, 3.63) is 76.4 Å². The monoisotopic (exact) mass is 342 g/mol. The molecule has 5 nitrogen and oxygen atoms in total. The second kappa shape index (κ2) is 6.90. The van der Waals surface area contributed by atoms with Crippen LogP contribution in [-0.2, 0) is 5.60 Å². The van der Waals surface area contributed by atoms with E-state index in [9.17, 15) is 9.90 Å². The Hall–Kier alpha value is -2.57. The summed E-state index contributed by atoms with van der Waals surface area (Å²) in [5.74, 6) is 0. The molecule has 3 rings (SSSR count). The molecular formula is C18H18N2O3S. The Morgan fingerprint density at radius 2 is 2.08 bits per heavy atom. The van der Waals surface area contributed by atoms with Crippen LogP contribution in [-0.4, -0.2) is 17.7 Å². The Kier molecular flexibility index (Phi) is 4.69. The maximum Gasteiger partial charge on any atom is 0.319 e. The number of furan rings is 1. The minimum atomic E-state index is -1.33. The van der Waals surface area contributed by atoms with E-state index in [1.165, 1.54) is 23.9 Å². The van der Waals surface area contributed by atoms with Crippen LogP contribution < -0.4 is 10.6 Å². The van der Waals surface area contributed by atoms with Crippen molar-refractivity contribution >= 4 is 23.1 Å². The first kappa shape index (κ1) is 16.3. The standard InChI is InChI=1S/C18H18N2O3S/c1-13-5-2-3-6-15(13)20-17(21)19-12-18(22,14-8-9-23-11-14)16-7-4-10-24-16/h2-11,22H,12H2,1H3,(H2,19,20,21). The first-order chi connectivity index (χ1) is 11.6. The van der Waals surface area contributed by atoms with Crippen molar-refractivity contribution in [1.82, 2.24) is 5.32 Å². The van der Waals surface area contributed by atoms with Gasteiger partial charge in [-0.25, -0.2) is 4.79 Å². The van der Waals surface area contributed by atoms with E-state index >= 15 is 0 Å². The quantitative estimate of drug-likeness (QED) is 0.662. The van der Waals surface area contributed by atoms with Crippen LogP contribution in [0.4, 0.5) is 10.5 Å². The summed E-state index contributed by atoms with van der Waals surface area (Å²) in [5, 5.41) is 18.5. The lowest BCUT2D eigenvalue weighted by molar-refractivity contribution is 0.0859. The van der Waals surface area contributed by atoms with E-state index in [1.807, 2.05) is 48.7 Å². The molecular weight excluding hydrogens is 324 g/mol. The molecule has 2 aromatic heterocycles. The summed E-state index contributed by atoms with van der Waals surface area (Å²) in [7, 11) is 0. The van der Waals surface area contributed by atoms with Gasteiger partial charge in [-0.05, 0) is 36.1 Å². The van der Waals surface area contributed by atoms with E-state index in [-0.39, 0.29) is 12.6 Å². The van der Waals surface area contributed by atoms with Crippen LogP contribution >= 0.6 is 11.3 Å². The van der Waals surface area contributed by atoms with Crippen molar-refractivity contribution in [3.8, 4) is 0 Å². The molecule has 124 valence electrons. The fourth-order valence-electron chi connectivity index (χ4n) is 2.43.